The first-order valence-electron chi connectivity index (χ1n) is 8.36. The molecule has 6 heteroatoms. The minimum atomic E-state index is -0.227. The molecule has 0 radical (unpaired) electrons. The molecule has 1 amide bonds. The second-order valence-electron chi connectivity index (χ2n) is 6.00. The van der Waals surface area contributed by atoms with Gasteiger partial charge in [-0.05, 0) is 57.0 Å². The average Bonchev–Trinajstić information content (AvgIpc) is 2.92. The van der Waals surface area contributed by atoms with Crippen molar-refractivity contribution < 1.29 is 14.3 Å². The number of hydrogen-bond donors (Lipinski definition) is 0. The van der Waals surface area contributed by atoms with Crippen molar-refractivity contribution in [3.8, 4) is 5.69 Å². The summed E-state index contributed by atoms with van der Waals surface area (Å²) in [4.78, 5) is 25.2. The number of rotatable bonds is 6. The Labute approximate surface area is 148 Å². The Kier molecular flexibility index (Phi) is 5.96. The third kappa shape index (κ3) is 4.07. The van der Waals surface area contributed by atoms with Gasteiger partial charge >= 0.3 is 5.97 Å². The Morgan fingerprint density at radius 2 is 1.84 bits per heavy atom. The molecule has 134 valence electrons. The van der Waals surface area contributed by atoms with E-state index in [-0.39, 0.29) is 11.9 Å². The van der Waals surface area contributed by atoms with Crippen molar-refractivity contribution in [2.45, 2.75) is 33.6 Å². The number of amides is 1. The predicted molar refractivity (Wildman–Crippen MR) is 96.0 cm³/mol. The fraction of sp³-hybridized carbons (Fsp3) is 0.421. The second-order valence-corrected chi connectivity index (χ2v) is 6.00. The molecule has 0 atom stereocenters. The lowest BCUT2D eigenvalue weighted by Gasteiger charge is -2.14. The summed E-state index contributed by atoms with van der Waals surface area (Å²) in [6.45, 7) is 6.53. The summed E-state index contributed by atoms with van der Waals surface area (Å²) in [6.07, 6.45) is 0.933. The lowest BCUT2D eigenvalue weighted by atomic mass is 10.1. The number of methoxy groups -OCH3 is 1. The van der Waals surface area contributed by atoms with Crippen molar-refractivity contribution in [2.24, 2.45) is 0 Å². The van der Waals surface area contributed by atoms with Crippen LogP contribution in [0.1, 0.15) is 40.7 Å². The molecule has 0 bridgehead atoms. The van der Waals surface area contributed by atoms with Gasteiger partial charge in [0.05, 0.1) is 18.5 Å². The molecule has 1 heterocycles. The van der Waals surface area contributed by atoms with Gasteiger partial charge in [0.1, 0.15) is 0 Å². The first kappa shape index (κ1) is 18.7. The molecule has 0 fully saturated rings. The molecule has 0 aliphatic carbocycles. The molecule has 1 aromatic heterocycles. The van der Waals surface area contributed by atoms with E-state index in [1.165, 1.54) is 7.11 Å². The number of esters is 1. The van der Waals surface area contributed by atoms with Crippen LogP contribution in [-0.2, 0) is 16.0 Å². The molecule has 2 aromatic rings. The lowest BCUT2D eigenvalue weighted by Crippen LogP contribution is -2.26. The SMILES string of the molecule is CCN(C)C(=O)c1ccc(-n2nc(C)c(CCC(=O)OC)c2C)cc1. The average molecular weight is 343 g/mol. The fourth-order valence-corrected chi connectivity index (χ4v) is 2.73. The zero-order valence-corrected chi connectivity index (χ0v) is 15.5. The number of benzene rings is 1. The zero-order chi connectivity index (χ0) is 18.6. The predicted octanol–water partition coefficient (Wildman–Crippen LogP) is 2.69. The van der Waals surface area contributed by atoms with Gasteiger partial charge < -0.3 is 9.64 Å². The van der Waals surface area contributed by atoms with Crippen molar-refractivity contribution in [1.82, 2.24) is 14.7 Å². The smallest absolute Gasteiger partial charge is 0.305 e. The van der Waals surface area contributed by atoms with Crippen LogP contribution in [0.2, 0.25) is 0 Å². The minimum Gasteiger partial charge on any atom is -0.469 e. The highest BCUT2D eigenvalue weighted by Crippen LogP contribution is 2.20. The number of nitrogens with zero attached hydrogens (tertiary/aromatic N) is 3. The van der Waals surface area contributed by atoms with Gasteiger partial charge in [-0.15, -0.1) is 0 Å². The van der Waals surface area contributed by atoms with Crippen molar-refractivity contribution in [1.29, 1.82) is 0 Å². The maximum atomic E-state index is 12.2. The maximum Gasteiger partial charge on any atom is 0.305 e. The van der Waals surface area contributed by atoms with E-state index < -0.39 is 0 Å². The van der Waals surface area contributed by atoms with Crippen LogP contribution in [-0.4, -0.2) is 47.3 Å². The standard InChI is InChI=1S/C19H25N3O3/c1-6-21(4)19(24)15-7-9-16(10-8-15)22-14(3)17(13(2)20-22)11-12-18(23)25-5/h7-10H,6,11-12H2,1-5H3. The molecule has 0 spiro atoms. The molecular weight excluding hydrogens is 318 g/mol. The summed E-state index contributed by atoms with van der Waals surface area (Å²) in [6, 6.07) is 7.41. The zero-order valence-electron chi connectivity index (χ0n) is 15.5. The van der Waals surface area contributed by atoms with Gasteiger partial charge in [-0.3, -0.25) is 9.59 Å². The largest absolute Gasteiger partial charge is 0.469 e. The Bertz CT molecular complexity index is 763. The van der Waals surface area contributed by atoms with Crippen molar-refractivity contribution in [3.63, 3.8) is 0 Å². The van der Waals surface area contributed by atoms with E-state index in [9.17, 15) is 9.59 Å². The molecule has 0 unspecified atom stereocenters. The molecule has 0 aliphatic heterocycles. The number of carbonyl (C=O) groups is 2. The summed E-state index contributed by atoms with van der Waals surface area (Å²) >= 11 is 0. The van der Waals surface area contributed by atoms with Crippen LogP contribution < -0.4 is 0 Å². The summed E-state index contributed by atoms with van der Waals surface area (Å²) < 4.78 is 6.55. The van der Waals surface area contributed by atoms with Crippen LogP contribution in [0.25, 0.3) is 5.69 Å². The number of carbonyl (C=O) groups excluding carboxylic acids is 2. The molecule has 25 heavy (non-hydrogen) atoms. The lowest BCUT2D eigenvalue weighted by molar-refractivity contribution is -0.140. The first-order valence-corrected chi connectivity index (χ1v) is 8.36. The highest BCUT2D eigenvalue weighted by atomic mass is 16.5. The van der Waals surface area contributed by atoms with E-state index >= 15 is 0 Å². The normalized spacial score (nSPS) is 10.6. The van der Waals surface area contributed by atoms with Gasteiger partial charge in [0, 0.05) is 31.3 Å². The molecular formula is C19H25N3O3. The van der Waals surface area contributed by atoms with E-state index in [0.29, 0.717) is 24.9 Å². The Balaban J connectivity index is 2.24. The highest BCUT2D eigenvalue weighted by Gasteiger charge is 2.15. The van der Waals surface area contributed by atoms with Crippen LogP contribution >= 0.6 is 0 Å². The topological polar surface area (TPSA) is 64.4 Å². The van der Waals surface area contributed by atoms with E-state index in [1.807, 2.05) is 49.7 Å². The number of ether oxygens (including phenoxy) is 1. The molecule has 0 saturated heterocycles. The molecule has 6 nitrogen and oxygen atoms in total. The van der Waals surface area contributed by atoms with Gasteiger partial charge in [-0.25, -0.2) is 4.68 Å². The summed E-state index contributed by atoms with van der Waals surface area (Å²) in [5.74, 6) is -0.226. The van der Waals surface area contributed by atoms with E-state index in [4.69, 9.17) is 4.74 Å². The van der Waals surface area contributed by atoms with Crippen LogP contribution in [0.15, 0.2) is 24.3 Å². The van der Waals surface area contributed by atoms with E-state index in [1.54, 1.807) is 11.9 Å². The molecule has 2 rings (SSSR count). The maximum absolute atomic E-state index is 12.2. The number of aryl methyl sites for hydroxylation is 1. The van der Waals surface area contributed by atoms with E-state index in [0.717, 1.165) is 22.6 Å². The summed E-state index contributed by atoms with van der Waals surface area (Å²) in [5.41, 5.74) is 4.48. The van der Waals surface area contributed by atoms with Gasteiger partial charge in [-0.2, -0.15) is 5.10 Å². The van der Waals surface area contributed by atoms with Gasteiger partial charge in [0.25, 0.3) is 5.91 Å². The van der Waals surface area contributed by atoms with Crippen molar-refractivity contribution >= 4 is 11.9 Å². The Morgan fingerprint density at radius 1 is 1.20 bits per heavy atom. The van der Waals surface area contributed by atoms with Gasteiger partial charge in [0.2, 0.25) is 0 Å². The quantitative estimate of drug-likeness (QED) is 0.757. The Morgan fingerprint density at radius 3 is 2.40 bits per heavy atom. The van der Waals surface area contributed by atoms with Crippen LogP contribution in [0.3, 0.4) is 0 Å². The van der Waals surface area contributed by atoms with E-state index in [2.05, 4.69) is 5.10 Å². The van der Waals surface area contributed by atoms with Crippen LogP contribution in [0, 0.1) is 13.8 Å². The number of hydrogen-bond acceptors (Lipinski definition) is 4. The third-order valence-corrected chi connectivity index (χ3v) is 4.43. The number of aromatic nitrogens is 2. The van der Waals surface area contributed by atoms with Crippen molar-refractivity contribution in [2.75, 3.05) is 20.7 Å². The van der Waals surface area contributed by atoms with Crippen LogP contribution in [0.4, 0.5) is 0 Å². The van der Waals surface area contributed by atoms with Gasteiger partial charge in [0.15, 0.2) is 0 Å². The minimum absolute atomic E-state index is 0.00110. The first-order chi connectivity index (χ1) is 11.9. The second kappa shape index (κ2) is 7.96. The highest BCUT2D eigenvalue weighted by molar-refractivity contribution is 5.94. The summed E-state index contributed by atoms with van der Waals surface area (Å²) in [7, 11) is 3.18. The molecule has 1 aromatic carbocycles. The van der Waals surface area contributed by atoms with Crippen LogP contribution in [0.5, 0.6) is 0 Å². The monoisotopic (exact) mass is 343 g/mol. The summed E-state index contributed by atoms with van der Waals surface area (Å²) in [5, 5.41) is 4.58. The molecule has 0 N–H and O–H groups in total. The van der Waals surface area contributed by atoms with Crippen molar-refractivity contribution in [3.05, 3.63) is 46.8 Å². The molecule has 0 aliphatic rings. The Hall–Kier alpha value is -2.63. The van der Waals surface area contributed by atoms with Gasteiger partial charge in [-0.1, -0.05) is 0 Å². The third-order valence-electron chi connectivity index (χ3n) is 4.43. The fourth-order valence-electron chi connectivity index (χ4n) is 2.73. The molecule has 0 saturated carbocycles.